The van der Waals surface area contributed by atoms with Crippen molar-refractivity contribution in [2.45, 2.75) is 13.1 Å². The third kappa shape index (κ3) is 6.18. The Bertz CT molecular complexity index is 809. The Kier molecular flexibility index (Phi) is 7.08. The van der Waals surface area contributed by atoms with E-state index in [9.17, 15) is 22.8 Å². The fraction of sp³-hybridized carbons (Fsp3) is 0.125. The lowest BCUT2D eigenvalue weighted by molar-refractivity contribution is -0.137. The Hall–Kier alpha value is -2.72. The van der Waals surface area contributed by atoms with Crippen LogP contribution in [0.15, 0.2) is 52.4 Å². The van der Waals surface area contributed by atoms with Crippen molar-refractivity contribution >= 4 is 35.1 Å². The van der Waals surface area contributed by atoms with Gasteiger partial charge in [-0.15, -0.1) is 0 Å². The van der Waals surface area contributed by atoms with Gasteiger partial charge in [0.25, 0.3) is 0 Å². The quantitative estimate of drug-likeness (QED) is 0.543. The maximum Gasteiger partial charge on any atom is 0.416 e. The molecule has 8 heteroatoms. The molecule has 0 saturated heterocycles. The molecule has 0 N–H and O–H groups in total. The lowest BCUT2D eigenvalue weighted by Crippen LogP contribution is -2.03. The monoisotopic (exact) mass is 354 g/mol. The molecule has 0 aliphatic heterocycles. The van der Waals surface area contributed by atoms with Crippen LogP contribution in [-0.2, 0) is 15.8 Å². The number of halogens is 4. The minimum absolute atomic E-state index is 0.0511. The lowest BCUT2D eigenvalue weighted by atomic mass is 10.2. The first-order valence-corrected chi connectivity index (χ1v) is 6.75. The van der Waals surface area contributed by atoms with Gasteiger partial charge in [0.05, 0.1) is 16.9 Å². The molecule has 0 unspecified atom stereocenters. The van der Waals surface area contributed by atoms with Gasteiger partial charge in [-0.05, 0) is 42.8 Å². The summed E-state index contributed by atoms with van der Waals surface area (Å²) in [7, 11) is 0. The molecule has 2 aromatic carbocycles. The van der Waals surface area contributed by atoms with Gasteiger partial charge >= 0.3 is 6.18 Å². The molecule has 0 aliphatic carbocycles. The average molecular weight is 355 g/mol. The second-order valence-corrected chi connectivity index (χ2v) is 4.82. The van der Waals surface area contributed by atoms with Crippen LogP contribution >= 0.6 is 11.6 Å². The predicted molar refractivity (Wildman–Crippen MR) is 83.2 cm³/mol. The third-order valence-corrected chi connectivity index (χ3v) is 2.92. The number of carbonyl (C=O) groups excluding carboxylic acids is 2. The van der Waals surface area contributed by atoms with Gasteiger partial charge in [-0.1, -0.05) is 23.7 Å². The van der Waals surface area contributed by atoms with Crippen molar-refractivity contribution in [2.24, 2.45) is 9.98 Å². The summed E-state index contributed by atoms with van der Waals surface area (Å²) in [5, 5.41) is 0.574. The van der Waals surface area contributed by atoms with Crippen molar-refractivity contribution in [1.82, 2.24) is 0 Å². The first-order chi connectivity index (χ1) is 11.3. The molecule has 0 radical (unpaired) electrons. The molecule has 0 saturated carbocycles. The number of aliphatic imine (C=N–C) groups is 2. The highest BCUT2D eigenvalue weighted by Gasteiger charge is 2.30. The molecular formula is C16H10ClF3N2O2. The molecule has 0 aliphatic rings. The van der Waals surface area contributed by atoms with E-state index in [1.54, 1.807) is 18.2 Å². The summed E-state index contributed by atoms with van der Waals surface area (Å²) in [6.45, 7) is 1.85. The second-order valence-electron chi connectivity index (χ2n) is 4.39. The van der Waals surface area contributed by atoms with E-state index in [1.165, 1.54) is 24.3 Å². The molecular weight excluding hydrogens is 345 g/mol. The van der Waals surface area contributed by atoms with E-state index in [0.717, 1.165) is 17.7 Å². The van der Waals surface area contributed by atoms with Gasteiger partial charge in [-0.2, -0.15) is 23.2 Å². The maximum absolute atomic E-state index is 12.1. The lowest BCUT2D eigenvalue weighted by Gasteiger charge is -2.05. The zero-order valence-electron chi connectivity index (χ0n) is 12.3. The number of rotatable bonds is 2. The molecule has 0 atom stereocenters. The molecule has 2 aromatic rings. The molecule has 0 fully saturated rings. The minimum Gasteiger partial charge on any atom is -0.211 e. The largest absolute Gasteiger partial charge is 0.416 e. The highest BCUT2D eigenvalue weighted by Crippen LogP contribution is 2.31. The van der Waals surface area contributed by atoms with Crippen LogP contribution in [0.3, 0.4) is 0 Å². The predicted octanol–water partition coefficient (Wildman–Crippen LogP) is 5.29. The number of hydrogen-bond acceptors (Lipinski definition) is 4. The first-order valence-electron chi connectivity index (χ1n) is 6.37. The van der Waals surface area contributed by atoms with Crippen LogP contribution in [0.4, 0.5) is 24.5 Å². The summed E-state index contributed by atoms with van der Waals surface area (Å²) < 4.78 is 36.2. The van der Waals surface area contributed by atoms with Crippen LogP contribution in [0.1, 0.15) is 11.1 Å². The number of aryl methyl sites for hydroxylation is 1. The molecule has 0 amide bonds. The number of nitrogens with zero attached hydrogens (tertiary/aromatic N) is 2. The first kappa shape index (κ1) is 19.3. The van der Waals surface area contributed by atoms with E-state index in [1.807, 2.05) is 6.92 Å². The summed E-state index contributed by atoms with van der Waals surface area (Å²) in [5.74, 6) is 0. The maximum atomic E-state index is 12.1. The molecule has 2 rings (SSSR count). The summed E-state index contributed by atoms with van der Waals surface area (Å²) in [6.07, 6.45) is -1.77. The fourth-order valence-electron chi connectivity index (χ4n) is 1.56. The van der Waals surface area contributed by atoms with Crippen molar-refractivity contribution in [3.8, 4) is 0 Å². The van der Waals surface area contributed by atoms with Crippen LogP contribution in [0.25, 0.3) is 0 Å². The number of benzene rings is 2. The van der Waals surface area contributed by atoms with Gasteiger partial charge in [-0.25, -0.2) is 9.59 Å². The van der Waals surface area contributed by atoms with Crippen molar-refractivity contribution < 1.29 is 22.8 Å². The summed E-state index contributed by atoms with van der Waals surface area (Å²) in [5.41, 5.74) is 0.610. The molecule has 0 aromatic heterocycles. The van der Waals surface area contributed by atoms with Crippen LogP contribution in [0.5, 0.6) is 0 Å². The zero-order chi connectivity index (χ0) is 18.2. The van der Waals surface area contributed by atoms with Gasteiger partial charge in [0.2, 0.25) is 12.2 Å². The Morgan fingerprint density at radius 3 is 2.25 bits per heavy atom. The van der Waals surface area contributed by atoms with Gasteiger partial charge in [0, 0.05) is 5.02 Å². The zero-order valence-corrected chi connectivity index (χ0v) is 13.0. The highest BCUT2D eigenvalue weighted by molar-refractivity contribution is 6.30. The van der Waals surface area contributed by atoms with Gasteiger partial charge in [0.1, 0.15) is 0 Å². The Labute approximate surface area is 140 Å². The van der Waals surface area contributed by atoms with E-state index >= 15 is 0 Å². The van der Waals surface area contributed by atoms with Gasteiger partial charge < -0.3 is 0 Å². The van der Waals surface area contributed by atoms with Crippen molar-refractivity contribution in [3.05, 3.63) is 58.6 Å². The van der Waals surface area contributed by atoms with Crippen LogP contribution in [-0.4, -0.2) is 12.2 Å². The Morgan fingerprint density at radius 1 is 1.00 bits per heavy atom. The van der Waals surface area contributed by atoms with Gasteiger partial charge in [-0.3, -0.25) is 0 Å². The molecule has 0 heterocycles. The average Bonchev–Trinajstić information content (AvgIpc) is 2.52. The van der Waals surface area contributed by atoms with E-state index in [2.05, 4.69) is 9.98 Å². The normalized spacial score (nSPS) is 9.88. The standard InChI is InChI=1S/C8H6ClNO.C8H4F3NO/c1-6-2-3-7(9)4-8(6)10-5-11;9-8(10,11)6-2-1-3-7(4-6)12-5-13/h2-4H,1H3;1-4H. The van der Waals surface area contributed by atoms with Crippen LogP contribution in [0.2, 0.25) is 5.02 Å². The van der Waals surface area contributed by atoms with E-state index < -0.39 is 11.7 Å². The molecule has 4 nitrogen and oxygen atoms in total. The van der Waals surface area contributed by atoms with E-state index in [-0.39, 0.29) is 5.69 Å². The number of alkyl halides is 3. The third-order valence-electron chi connectivity index (χ3n) is 2.69. The molecule has 0 bridgehead atoms. The number of hydrogen-bond donors (Lipinski definition) is 0. The highest BCUT2D eigenvalue weighted by atomic mass is 35.5. The fourth-order valence-corrected chi connectivity index (χ4v) is 1.72. The topological polar surface area (TPSA) is 58.9 Å². The summed E-state index contributed by atoms with van der Waals surface area (Å²) in [6, 6.07) is 9.34. The van der Waals surface area contributed by atoms with Crippen molar-refractivity contribution in [2.75, 3.05) is 0 Å². The van der Waals surface area contributed by atoms with Gasteiger partial charge in [0.15, 0.2) is 0 Å². The van der Waals surface area contributed by atoms with E-state index in [0.29, 0.717) is 10.7 Å². The van der Waals surface area contributed by atoms with E-state index in [4.69, 9.17) is 11.6 Å². The second kappa shape index (κ2) is 8.79. The van der Waals surface area contributed by atoms with Crippen molar-refractivity contribution in [3.63, 3.8) is 0 Å². The smallest absolute Gasteiger partial charge is 0.211 e. The molecule has 124 valence electrons. The molecule has 0 spiro atoms. The Morgan fingerprint density at radius 2 is 1.67 bits per heavy atom. The summed E-state index contributed by atoms with van der Waals surface area (Å²) >= 11 is 5.66. The van der Waals surface area contributed by atoms with Crippen molar-refractivity contribution in [1.29, 1.82) is 0 Å². The van der Waals surface area contributed by atoms with Crippen LogP contribution < -0.4 is 0 Å². The SMILES string of the molecule is Cc1ccc(Cl)cc1N=C=O.O=C=Nc1cccc(C(F)(F)F)c1. The molecule has 24 heavy (non-hydrogen) atoms. The summed E-state index contributed by atoms with van der Waals surface area (Å²) in [4.78, 5) is 26.2. The van der Waals surface area contributed by atoms with Crippen LogP contribution in [0, 0.1) is 6.92 Å². The number of isocyanates is 2. The Balaban J connectivity index is 0.000000243. The minimum atomic E-state index is -4.41.